The molecule has 1 N–H and O–H groups in total. The van der Waals surface area contributed by atoms with Crippen LogP contribution in [-0.2, 0) is 26.4 Å². The van der Waals surface area contributed by atoms with Crippen LogP contribution in [0.4, 0.5) is 11.6 Å². The lowest BCUT2D eigenvalue weighted by Gasteiger charge is -2.54. The number of hydrogen-bond donors (Lipinski definition) is 1. The molecule has 0 radical (unpaired) electrons. The van der Waals surface area contributed by atoms with Gasteiger partial charge in [-0.2, -0.15) is 5.26 Å². The second kappa shape index (κ2) is 17.9. The number of nitriles is 1. The number of nitrogens with one attached hydrogen (secondary N) is 1. The fourth-order valence-electron chi connectivity index (χ4n) is 9.48. The van der Waals surface area contributed by atoms with E-state index in [4.69, 9.17) is 21.3 Å². The fourth-order valence-corrected chi connectivity index (χ4v) is 9.72. The zero-order valence-electron chi connectivity index (χ0n) is 35.6. The van der Waals surface area contributed by atoms with Gasteiger partial charge >= 0.3 is 0 Å². The Bertz CT molecular complexity index is 2380. The van der Waals surface area contributed by atoms with Crippen molar-refractivity contribution in [3.63, 3.8) is 0 Å². The molecule has 4 aliphatic heterocycles. The molecular formula is C48H53ClN8O5. The van der Waals surface area contributed by atoms with Gasteiger partial charge in [-0.3, -0.25) is 29.4 Å². The average molecular weight is 857 g/mol. The van der Waals surface area contributed by atoms with E-state index in [-0.39, 0.29) is 18.3 Å². The van der Waals surface area contributed by atoms with Gasteiger partial charge in [-0.05, 0) is 123 Å². The van der Waals surface area contributed by atoms with Gasteiger partial charge in [0.15, 0.2) is 0 Å². The predicted molar refractivity (Wildman–Crippen MR) is 236 cm³/mol. The molecule has 4 aliphatic rings. The zero-order valence-corrected chi connectivity index (χ0v) is 36.4. The summed E-state index contributed by atoms with van der Waals surface area (Å²) in [5.74, 6) is 0.553. The van der Waals surface area contributed by atoms with Crippen LogP contribution in [0.2, 0.25) is 5.02 Å². The van der Waals surface area contributed by atoms with E-state index in [1.165, 1.54) is 0 Å². The molecule has 0 saturated carbocycles. The third-order valence-electron chi connectivity index (χ3n) is 13.5. The highest BCUT2D eigenvalue weighted by molar-refractivity contribution is 6.30. The summed E-state index contributed by atoms with van der Waals surface area (Å²) in [5.41, 5.74) is 5.43. The standard InChI is InChI=1S/C48H53ClN8O5/c1-32-4-7-39(25-41(32)45(61)57(31-58)42-10-11-43(59)53-44(42)60)55-18-13-33(14-19-55)27-54-20-15-48(16-21-54)29-56(30-48)46-51-17-12-38(52-46)28-62-40-8-5-35(6-9-40)47(2,3)36-22-34(26-50)23-37(49)24-36/h4-9,12,17,22-25,31,33,42H,10-11,13-16,18-21,27-30H2,1-3H3,(H,53,59,60). The number of piperidine rings is 3. The van der Waals surface area contributed by atoms with Gasteiger partial charge in [0.25, 0.3) is 5.91 Å². The Morgan fingerprint density at radius 1 is 0.984 bits per heavy atom. The second-order valence-corrected chi connectivity index (χ2v) is 18.4. The van der Waals surface area contributed by atoms with Gasteiger partial charge in [0.05, 0.1) is 17.3 Å². The maximum atomic E-state index is 13.5. The largest absolute Gasteiger partial charge is 0.487 e. The van der Waals surface area contributed by atoms with Crippen LogP contribution in [0.1, 0.15) is 90.7 Å². The second-order valence-electron chi connectivity index (χ2n) is 18.0. The molecule has 4 fully saturated rings. The first-order valence-electron chi connectivity index (χ1n) is 21.5. The SMILES string of the molecule is Cc1ccc(N2CCC(CN3CCC4(CC3)CN(c3nccc(COc5ccc(C(C)(C)c6cc(Cl)cc(C#N)c6)cc5)n3)C4)CC2)cc1C(=O)N(C=O)C1CCC(=O)NC1=O. The number of anilines is 2. The van der Waals surface area contributed by atoms with Crippen LogP contribution in [0.5, 0.6) is 5.75 Å². The number of likely N-dealkylation sites (tertiary alicyclic amines) is 1. The Hall–Kier alpha value is -5.84. The zero-order chi connectivity index (χ0) is 43.6. The molecule has 3 aromatic carbocycles. The molecule has 13 nitrogen and oxygen atoms in total. The van der Waals surface area contributed by atoms with E-state index in [1.54, 1.807) is 6.07 Å². The molecule has 5 heterocycles. The van der Waals surface area contributed by atoms with Gasteiger partial charge in [-0.25, -0.2) is 9.97 Å². The average Bonchev–Trinajstić information content (AvgIpc) is 3.26. The van der Waals surface area contributed by atoms with E-state index in [9.17, 15) is 24.4 Å². The minimum atomic E-state index is -0.998. The topological polar surface area (TPSA) is 152 Å². The van der Waals surface area contributed by atoms with Crippen molar-refractivity contribution in [3.05, 3.63) is 111 Å². The van der Waals surface area contributed by atoms with Crippen LogP contribution in [0.3, 0.4) is 0 Å². The van der Waals surface area contributed by atoms with E-state index in [2.05, 4.69) is 57.0 Å². The molecule has 0 bridgehead atoms. The molecule has 1 aromatic heterocycles. The van der Waals surface area contributed by atoms with Gasteiger partial charge in [0.1, 0.15) is 18.4 Å². The van der Waals surface area contributed by atoms with Crippen molar-refractivity contribution in [2.45, 2.75) is 77.4 Å². The molecule has 8 rings (SSSR count). The van der Waals surface area contributed by atoms with Crippen molar-refractivity contribution in [1.29, 1.82) is 5.26 Å². The van der Waals surface area contributed by atoms with Crippen LogP contribution in [0.25, 0.3) is 0 Å². The molecule has 1 unspecified atom stereocenters. The minimum Gasteiger partial charge on any atom is -0.487 e. The maximum Gasteiger partial charge on any atom is 0.261 e. The quantitative estimate of drug-likeness (QED) is 0.124. The number of benzene rings is 3. The van der Waals surface area contributed by atoms with Crippen LogP contribution in [0, 0.1) is 29.6 Å². The van der Waals surface area contributed by atoms with Gasteiger partial charge in [0, 0.05) is 72.4 Å². The van der Waals surface area contributed by atoms with Crippen molar-refractivity contribution >= 4 is 47.4 Å². The summed E-state index contributed by atoms with van der Waals surface area (Å²) in [6.07, 6.45) is 6.85. The number of halogens is 1. The number of ether oxygens (including phenoxy) is 1. The number of rotatable bonds is 12. The summed E-state index contributed by atoms with van der Waals surface area (Å²) in [4.78, 5) is 67.3. The summed E-state index contributed by atoms with van der Waals surface area (Å²) >= 11 is 6.31. The third-order valence-corrected chi connectivity index (χ3v) is 13.7. The Balaban J connectivity index is 0.778. The van der Waals surface area contributed by atoms with Crippen molar-refractivity contribution in [2.75, 3.05) is 55.6 Å². The highest BCUT2D eigenvalue weighted by atomic mass is 35.5. The summed E-state index contributed by atoms with van der Waals surface area (Å²) in [6, 6.07) is 22.4. The Labute approximate surface area is 368 Å². The van der Waals surface area contributed by atoms with Crippen LogP contribution in [0.15, 0.2) is 72.9 Å². The summed E-state index contributed by atoms with van der Waals surface area (Å²) in [7, 11) is 0. The smallest absolute Gasteiger partial charge is 0.261 e. The first-order valence-corrected chi connectivity index (χ1v) is 21.9. The highest BCUT2D eigenvalue weighted by Gasteiger charge is 2.46. The molecule has 4 saturated heterocycles. The predicted octanol–water partition coefficient (Wildman–Crippen LogP) is 6.44. The number of aryl methyl sites for hydroxylation is 1. The number of amides is 4. The van der Waals surface area contributed by atoms with Gasteiger partial charge in [-0.1, -0.05) is 43.6 Å². The lowest BCUT2D eigenvalue weighted by Crippen LogP contribution is -2.61. The van der Waals surface area contributed by atoms with Crippen molar-refractivity contribution in [1.82, 2.24) is 25.1 Å². The minimum absolute atomic E-state index is 0.0836. The van der Waals surface area contributed by atoms with Crippen LogP contribution >= 0.6 is 11.6 Å². The number of carbonyl (C=O) groups is 4. The summed E-state index contributed by atoms with van der Waals surface area (Å²) in [5, 5.41) is 12.2. The van der Waals surface area contributed by atoms with Gasteiger partial charge in [-0.15, -0.1) is 0 Å². The monoisotopic (exact) mass is 856 g/mol. The van der Waals surface area contributed by atoms with E-state index in [0.717, 1.165) is 116 Å². The maximum absolute atomic E-state index is 13.5. The lowest BCUT2D eigenvalue weighted by atomic mass is 9.72. The van der Waals surface area contributed by atoms with Crippen LogP contribution < -0.4 is 19.9 Å². The van der Waals surface area contributed by atoms with E-state index in [0.29, 0.717) is 40.5 Å². The van der Waals surface area contributed by atoms with E-state index in [1.807, 2.05) is 61.7 Å². The molecule has 1 spiro atoms. The molecule has 322 valence electrons. The molecule has 14 heteroatoms. The fraction of sp³-hybridized carbons (Fsp3) is 0.438. The number of nitrogens with zero attached hydrogens (tertiary/aromatic N) is 7. The molecular weight excluding hydrogens is 804 g/mol. The van der Waals surface area contributed by atoms with E-state index >= 15 is 0 Å². The summed E-state index contributed by atoms with van der Waals surface area (Å²) < 4.78 is 6.15. The first kappa shape index (κ1) is 42.8. The number of carbonyl (C=O) groups excluding carboxylic acids is 4. The number of aromatic nitrogens is 2. The van der Waals surface area contributed by atoms with Gasteiger partial charge < -0.3 is 19.4 Å². The Morgan fingerprint density at radius 2 is 1.73 bits per heavy atom. The molecule has 0 aliphatic carbocycles. The number of imide groups is 2. The molecule has 62 heavy (non-hydrogen) atoms. The van der Waals surface area contributed by atoms with Crippen molar-refractivity contribution in [3.8, 4) is 11.8 Å². The van der Waals surface area contributed by atoms with Crippen molar-refractivity contribution in [2.24, 2.45) is 11.3 Å². The van der Waals surface area contributed by atoms with E-state index < -0.39 is 23.8 Å². The highest BCUT2D eigenvalue weighted by Crippen LogP contribution is 2.42. The van der Waals surface area contributed by atoms with Crippen molar-refractivity contribution < 1.29 is 23.9 Å². The molecule has 4 amide bonds. The summed E-state index contributed by atoms with van der Waals surface area (Å²) in [6.45, 7) is 13.3. The van der Waals surface area contributed by atoms with Gasteiger partial charge in [0.2, 0.25) is 24.2 Å². The number of hydrogen-bond acceptors (Lipinski definition) is 11. The Kier molecular flexibility index (Phi) is 12.3. The van der Waals surface area contributed by atoms with Crippen LogP contribution in [-0.4, -0.2) is 95.8 Å². The molecule has 1 atom stereocenters. The molecule has 4 aromatic rings. The third kappa shape index (κ3) is 9.17. The normalized spacial score (nSPS) is 19.4. The Morgan fingerprint density at radius 3 is 2.42 bits per heavy atom. The first-order chi connectivity index (χ1) is 29.8. The lowest BCUT2D eigenvalue weighted by molar-refractivity contribution is -0.139.